The quantitative estimate of drug-likeness (QED) is 0.626. The smallest absolute Gasteiger partial charge is 0.0224 e. The van der Waals surface area contributed by atoms with Gasteiger partial charge in [0.2, 0.25) is 0 Å². The number of hydrogen-bond donors (Lipinski definition) is 1. The SMILES string of the molecule is CC1(CCCCl)CCCN1. The average molecular weight is 162 g/mol. The molecule has 1 aliphatic rings. The zero-order chi connectivity index (χ0) is 7.45. The average Bonchev–Trinajstić information content (AvgIpc) is 2.33. The van der Waals surface area contributed by atoms with E-state index in [2.05, 4.69) is 12.2 Å². The Labute approximate surface area is 68.1 Å². The molecule has 0 aliphatic carbocycles. The van der Waals surface area contributed by atoms with Gasteiger partial charge in [0, 0.05) is 11.4 Å². The fourth-order valence-corrected chi connectivity index (χ4v) is 1.76. The van der Waals surface area contributed by atoms with E-state index in [9.17, 15) is 0 Å². The van der Waals surface area contributed by atoms with Crippen molar-refractivity contribution in [3.05, 3.63) is 0 Å². The van der Waals surface area contributed by atoms with Crippen LogP contribution in [0.4, 0.5) is 0 Å². The molecule has 0 aromatic carbocycles. The van der Waals surface area contributed by atoms with E-state index < -0.39 is 0 Å². The van der Waals surface area contributed by atoms with Gasteiger partial charge in [-0.25, -0.2) is 0 Å². The lowest BCUT2D eigenvalue weighted by Crippen LogP contribution is -2.35. The van der Waals surface area contributed by atoms with Gasteiger partial charge in [-0.15, -0.1) is 11.6 Å². The zero-order valence-corrected chi connectivity index (χ0v) is 7.38. The highest BCUT2D eigenvalue weighted by atomic mass is 35.5. The minimum absolute atomic E-state index is 0.412. The third-order valence-electron chi connectivity index (χ3n) is 2.32. The molecule has 1 fully saturated rings. The summed E-state index contributed by atoms with van der Waals surface area (Å²) in [6.07, 6.45) is 5.03. The van der Waals surface area contributed by atoms with E-state index in [0.29, 0.717) is 5.54 Å². The van der Waals surface area contributed by atoms with Crippen LogP contribution in [0.1, 0.15) is 32.6 Å². The number of alkyl halides is 1. The molecule has 1 aliphatic heterocycles. The molecule has 1 unspecified atom stereocenters. The van der Waals surface area contributed by atoms with Crippen LogP contribution in [0.25, 0.3) is 0 Å². The van der Waals surface area contributed by atoms with Crippen LogP contribution in [-0.4, -0.2) is 18.0 Å². The van der Waals surface area contributed by atoms with Crippen molar-refractivity contribution in [3.8, 4) is 0 Å². The van der Waals surface area contributed by atoms with Crippen molar-refractivity contribution in [3.63, 3.8) is 0 Å². The van der Waals surface area contributed by atoms with Crippen molar-refractivity contribution in [2.45, 2.75) is 38.1 Å². The van der Waals surface area contributed by atoms with Gasteiger partial charge >= 0.3 is 0 Å². The fraction of sp³-hybridized carbons (Fsp3) is 1.00. The molecule has 0 spiro atoms. The van der Waals surface area contributed by atoms with Gasteiger partial charge in [-0.3, -0.25) is 0 Å². The third kappa shape index (κ3) is 2.14. The third-order valence-corrected chi connectivity index (χ3v) is 2.59. The molecule has 1 nitrogen and oxygen atoms in total. The van der Waals surface area contributed by atoms with E-state index in [4.69, 9.17) is 11.6 Å². The summed E-state index contributed by atoms with van der Waals surface area (Å²) in [4.78, 5) is 0. The highest BCUT2D eigenvalue weighted by molar-refractivity contribution is 6.17. The molecule has 2 heteroatoms. The van der Waals surface area contributed by atoms with Crippen LogP contribution in [-0.2, 0) is 0 Å². The second-order valence-corrected chi connectivity index (χ2v) is 3.76. The summed E-state index contributed by atoms with van der Waals surface area (Å²) < 4.78 is 0. The molecule has 0 aromatic heterocycles. The molecule has 0 aromatic rings. The van der Waals surface area contributed by atoms with Crippen molar-refractivity contribution >= 4 is 11.6 Å². The van der Waals surface area contributed by atoms with E-state index in [0.717, 1.165) is 12.3 Å². The molecule has 1 atom stereocenters. The molecule has 60 valence electrons. The first-order valence-electron chi connectivity index (χ1n) is 4.08. The maximum Gasteiger partial charge on any atom is 0.0224 e. The maximum atomic E-state index is 5.61. The van der Waals surface area contributed by atoms with E-state index in [1.54, 1.807) is 0 Å². The van der Waals surface area contributed by atoms with Gasteiger partial charge in [0.05, 0.1) is 0 Å². The predicted molar refractivity (Wildman–Crippen MR) is 45.6 cm³/mol. The Hall–Kier alpha value is 0.250. The second kappa shape index (κ2) is 3.59. The molecule has 10 heavy (non-hydrogen) atoms. The standard InChI is InChI=1S/C8H16ClN/c1-8(4-2-6-9)5-3-7-10-8/h10H,2-7H2,1H3. The lowest BCUT2D eigenvalue weighted by Gasteiger charge is -2.23. The Morgan fingerprint density at radius 1 is 1.60 bits per heavy atom. The van der Waals surface area contributed by atoms with Gasteiger partial charge in [0.15, 0.2) is 0 Å². The summed E-state index contributed by atoms with van der Waals surface area (Å²) in [5.41, 5.74) is 0.412. The number of hydrogen-bond acceptors (Lipinski definition) is 1. The van der Waals surface area contributed by atoms with Crippen LogP contribution in [0.15, 0.2) is 0 Å². The first-order valence-corrected chi connectivity index (χ1v) is 4.61. The Morgan fingerprint density at radius 2 is 2.40 bits per heavy atom. The number of rotatable bonds is 3. The minimum atomic E-state index is 0.412. The van der Waals surface area contributed by atoms with Crippen molar-refractivity contribution in [1.29, 1.82) is 0 Å². The highest BCUT2D eigenvalue weighted by Gasteiger charge is 2.26. The van der Waals surface area contributed by atoms with Gasteiger partial charge in [-0.1, -0.05) is 0 Å². The summed E-state index contributed by atoms with van der Waals surface area (Å²) in [5.74, 6) is 0.803. The van der Waals surface area contributed by atoms with Gasteiger partial charge in [0.25, 0.3) is 0 Å². The van der Waals surface area contributed by atoms with Crippen molar-refractivity contribution in [1.82, 2.24) is 5.32 Å². The van der Waals surface area contributed by atoms with Crippen LogP contribution in [0, 0.1) is 0 Å². The molecule has 1 saturated heterocycles. The van der Waals surface area contributed by atoms with E-state index in [-0.39, 0.29) is 0 Å². The molecule has 0 amide bonds. The lowest BCUT2D eigenvalue weighted by molar-refractivity contribution is 0.381. The van der Waals surface area contributed by atoms with E-state index in [1.807, 2.05) is 0 Å². The van der Waals surface area contributed by atoms with Crippen LogP contribution < -0.4 is 5.32 Å². The summed E-state index contributed by atoms with van der Waals surface area (Å²) in [6.45, 7) is 3.49. The summed E-state index contributed by atoms with van der Waals surface area (Å²) in [7, 11) is 0. The Morgan fingerprint density at radius 3 is 2.90 bits per heavy atom. The Balaban J connectivity index is 2.22. The number of halogens is 1. The van der Waals surface area contributed by atoms with Crippen molar-refractivity contribution < 1.29 is 0 Å². The van der Waals surface area contributed by atoms with E-state index >= 15 is 0 Å². The van der Waals surface area contributed by atoms with Gasteiger partial charge in [-0.05, 0) is 39.2 Å². The van der Waals surface area contributed by atoms with Crippen molar-refractivity contribution in [2.75, 3.05) is 12.4 Å². The largest absolute Gasteiger partial charge is 0.312 e. The summed E-state index contributed by atoms with van der Waals surface area (Å²) in [5, 5.41) is 3.51. The van der Waals surface area contributed by atoms with Crippen LogP contribution >= 0.6 is 11.6 Å². The molecule has 1 rings (SSSR count). The Bertz CT molecular complexity index is 97.4. The summed E-state index contributed by atoms with van der Waals surface area (Å²) in [6, 6.07) is 0. The topological polar surface area (TPSA) is 12.0 Å². The normalized spacial score (nSPS) is 33.0. The zero-order valence-electron chi connectivity index (χ0n) is 6.62. The minimum Gasteiger partial charge on any atom is -0.312 e. The lowest BCUT2D eigenvalue weighted by atomic mass is 9.95. The second-order valence-electron chi connectivity index (χ2n) is 3.38. The van der Waals surface area contributed by atoms with Crippen LogP contribution in [0.3, 0.4) is 0 Å². The Kier molecular flexibility index (Phi) is 2.99. The van der Waals surface area contributed by atoms with E-state index in [1.165, 1.54) is 25.8 Å². The van der Waals surface area contributed by atoms with Gasteiger partial charge < -0.3 is 5.32 Å². The molecular formula is C8H16ClN. The van der Waals surface area contributed by atoms with Crippen LogP contribution in [0.5, 0.6) is 0 Å². The molecule has 0 radical (unpaired) electrons. The number of nitrogens with one attached hydrogen (secondary N) is 1. The predicted octanol–water partition coefficient (Wildman–Crippen LogP) is 2.15. The molecule has 1 heterocycles. The van der Waals surface area contributed by atoms with Gasteiger partial charge in [0.1, 0.15) is 0 Å². The monoisotopic (exact) mass is 161 g/mol. The maximum absolute atomic E-state index is 5.61. The molecule has 0 saturated carbocycles. The summed E-state index contributed by atoms with van der Waals surface area (Å²) >= 11 is 5.61. The first kappa shape index (κ1) is 8.35. The molecule has 1 N–H and O–H groups in total. The molecule has 0 bridgehead atoms. The highest BCUT2D eigenvalue weighted by Crippen LogP contribution is 2.23. The van der Waals surface area contributed by atoms with Crippen LogP contribution in [0.2, 0.25) is 0 Å². The van der Waals surface area contributed by atoms with Crippen molar-refractivity contribution in [2.24, 2.45) is 0 Å². The molecular weight excluding hydrogens is 146 g/mol. The fourth-order valence-electron chi connectivity index (χ4n) is 1.63. The van der Waals surface area contributed by atoms with Gasteiger partial charge in [-0.2, -0.15) is 0 Å². The first-order chi connectivity index (χ1) is 4.77.